The molecule has 0 aliphatic carbocycles. The molecular formula is C17H18FNOS. The summed E-state index contributed by atoms with van der Waals surface area (Å²) in [4.78, 5) is 12.5. The van der Waals surface area contributed by atoms with Gasteiger partial charge in [-0.3, -0.25) is 4.79 Å². The molecule has 0 fully saturated rings. The largest absolute Gasteiger partial charge is 0.326 e. The predicted octanol–water partition coefficient (Wildman–Crippen LogP) is 4.51. The topological polar surface area (TPSA) is 29.1 Å². The summed E-state index contributed by atoms with van der Waals surface area (Å²) < 4.78 is 13.4. The summed E-state index contributed by atoms with van der Waals surface area (Å²) in [6, 6.07) is 14.4. The first-order valence-electron chi connectivity index (χ1n) is 6.95. The first kappa shape index (κ1) is 15.6. The summed E-state index contributed by atoms with van der Waals surface area (Å²) in [5.74, 6) is 0.269. The Morgan fingerprint density at radius 1 is 1.19 bits per heavy atom. The monoisotopic (exact) mass is 303 g/mol. The molecule has 4 heteroatoms. The molecule has 0 heterocycles. The van der Waals surface area contributed by atoms with Crippen molar-refractivity contribution in [3.05, 3.63) is 59.9 Å². The lowest BCUT2D eigenvalue weighted by Crippen LogP contribution is -2.12. The highest BCUT2D eigenvalue weighted by Crippen LogP contribution is 2.22. The Morgan fingerprint density at radius 2 is 2.00 bits per heavy atom. The lowest BCUT2D eigenvalue weighted by molar-refractivity contribution is -0.115. The maximum atomic E-state index is 13.4. The third-order valence-electron chi connectivity index (χ3n) is 3.04. The van der Waals surface area contributed by atoms with E-state index in [0.717, 1.165) is 12.1 Å². The quantitative estimate of drug-likeness (QED) is 0.796. The third kappa shape index (κ3) is 4.90. The van der Waals surface area contributed by atoms with Gasteiger partial charge in [0.05, 0.1) is 0 Å². The van der Waals surface area contributed by atoms with Gasteiger partial charge in [-0.05, 0) is 36.2 Å². The van der Waals surface area contributed by atoms with Gasteiger partial charge >= 0.3 is 0 Å². The number of hydrogen-bond donors (Lipinski definition) is 1. The Kier molecular flexibility index (Phi) is 5.81. The van der Waals surface area contributed by atoms with Crippen molar-refractivity contribution in [2.24, 2.45) is 0 Å². The van der Waals surface area contributed by atoms with Crippen molar-refractivity contribution in [2.45, 2.75) is 24.7 Å². The minimum Gasteiger partial charge on any atom is -0.326 e. The molecule has 0 atom stereocenters. The van der Waals surface area contributed by atoms with Gasteiger partial charge in [0.2, 0.25) is 5.91 Å². The molecule has 2 rings (SSSR count). The van der Waals surface area contributed by atoms with E-state index < -0.39 is 0 Å². The Balaban J connectivity index is 1.81. The number of nitrogens with one attached hydrogen (secondary N) is 1. The fraction of sp³-hybridized carbons (Fsp3) is 0.235. The number of benzene rings is 2. The number of carbonyl (C=O) groups is 1. The van der Waals surface area contributed by atoms with E-state index in [1.165, 1.54) is 23.4 Å². The fourth-order valence-electron chi connectivity index (χ4n) is 1.91. The zero-order valence-corrected chi connectivity index (χ0v) is 12.8. The van der Waals surface area contributed by atoms with Gasteiger partial charge in [-0.2, -0.15) is 0 Å². The van der Waals surface area contributed by atoms with Crippen molar-refractivity contribution in [2.75, 3.05) is 11.1 Å². The van der Waals surface area contributed by atoms with Gasteiger partial charge in [0.15, 0.2) is 0 Å². The van der Waals surface area contributed by atoms with Crippen LogP contribution in [0.25, 0.3) is 0 Å². The molecule has 2 nitrogen and oxygen atoms in total. The van der Waals surface area contributed by atoms with Gasteiger partial charge in [-0.25, -0.2) is 4.39 Å². The lowest BCUT2D eigenvalue weighted by Gasteiger charge is -2.07. The van der Waals surface area contributed by atoms with Crippen molar-refractivity contribution in [3.63, 3.8) is 0 Å². The van der Waals surface area contributed by atoms with E-state index >= 15 is 0 Å². The van der Waals surface area contributed by atoms with Crippen LogP contribution in [0.2, 0.25) is 0 Å². The van der Waals surface area contributed by atoms with E-state index in [0.29, 0.717) is 17.1 Å². The van der Waals surface area contributed by atoms with E-state index in [9.17, 15) is 9.18 Å². The number of aryl methyl sites for hydroxylation is 1. The van der Waals surface area contributed by atoms with Gasteiger partial charge in [0, 0.05) is 22.8 Å². The molecule has 0 radical (unpaired) electrons. The van der Waals surface area contributed by atoms with Crippen LogP contribution < -0.4 is 5.32 Å². The van der Waals surface area contributed by atoms with Crippen molar-refractivity contribution in [1.82, 2.24) is 0 Å². The smallest absolute Gasteiger partial charge is 0.225 e. The molecule has 2 aromatic rings. The van der Waals surface area contributed by atoms with E-state index in [1.54, 1.807) is 18.2 Å². The normalized spacial score (nSPS) is 10.4. The third-order valence-corrected chi connectivity index (χ3v) is 4.09. The molecule has 110 valence electrons. The van der Waals surface area contributed by atoms with E-state index in [1.807, 2.05) is 24.3 Å². The van der Waals surface area contributed by atoms with E-state index in [-0.39, 0.29) is 11.7 Å². The summed E-state index contributed by atoms with van der Waals surface area (Å²) in [5.41, 5.74) is 2.00. The second-order valence-electron chi connectivity index (χ2n) is 4.63. The number of carbonyl (C=O) groups excluding carboxylic acids is 1. The number of halogens is 1. The molecule has 1 N–H and O–H groups in total. The molecule has 21 heavy (non-hydrogen) atoms. The molecule has 1 amide bonds. The van der Waals surface area contributed by atoms with Gasteiger partial charge in [-0.1, -0.05) is 31.2 Å². The minimum absolute atomic E-state index is 0.0490. The van der Waals surface area contributed by atoms with Crippen LogP contribution in [0.1, 0.15) is 18.9 Å². The van der Waals surface area contributed by atoms with Crippen LogP contribution in [0.5, 0.6) is 0 Å². The van der Waals surface area contributed by atoms with Crippen LogP contribution in [-0.4, -0.2) is 11.7 Å². The highest BCUT2D eigenvalue weighted by atomic mass is 32.2. The second-order valence-corrected chi connectivity index (χ2v) is 5.77. The molecule has 0 aromatic heterocycles. The number of rotatable bonds is 6. The maximum Gasteiger partial charge on any atom is 0.225 e. The van der Waals surface area contributed by atoms with Crippen LogP contribution in [0, 0.1) is 5.82 Å². The summed E-state index contributed by atoms with van der Waals surface area (Å²) in [5, 5.41) is 2.87. The molecular weight excluding hydrogens is 285 g/mol. The van der Waals surface area contributed by atoms with Crippen molar-refractivity contribution in [3.8, 4) is 0 Å². The van der Waals surface area contributed by atoms with Gasteiger partial charge in [-0.15, -0.1) is 11.8 Å². The zero-order chi connectivity index (χ0) is 15.1. The van der Waals surface area contributed by atoms with Crippen LogP contribution in [0.3, 0.4) is 0 Å². The number of anilines is 1. The predicted molar refractivity (Wildman–Crippen MR) is 86.2 cm³/mol. The average Bonchev–Trinajstić information content (AvgIpc) is 2.49. The Bertz CT molecular complexity index is 615. The standard InChI is InChI=1S/C17H18FNOS/c1-2-13-6-5-7-14(12-13)19-17(20)10-11-21-16-9-4-3-8-15(16)18/h3-9,12H,2,10-11H2,1H3,(H,19,20). The molecule has 2 aromatic carbocycles. The fourth-order valence-corrected chi connectivity index (χ4v) is 2.80. The first-order valence-corrected chi connectivity index (χ1v) is 7.93. The Hall–Kier alpha value is -1.81. The van der Waals surface area contributed by atoms with Gasteiger partial charge < -0.3 is 5.32 Å². The Morgan fingerprint density at radius 3 is 2.76 bits per heavy atom. The molecule has 0 aliphatic rings. The van der Waals surface area contributed by atoms with E-state index in [4.69, 9.17) is 0 Å². The Labute approximate surface area is 128 Å². The minimum atomic E-state index is -0.237. The number of thioether (sulfide) groups is 1. The van der Waals surface area contributed by atoms with E-state index in [2.05, 4.69) is 12.2 Å². The summed E-state index contributed by atoms with van der Waals surface area (Å²) in [6.07, 6.45) is 1.29. The van der Waals surface area contributed by atoms with Crippen molar-refractivity contribution < 1.29 is 9.18 Å². The number of hydrogen-bond acceptors (Lipinski definition) is 2. The summed E-state index contributed by atoms with van der Waals surface area (Å²) in [7, 11) is 0. The molecule has 0 bridgehead atoms. The van der Waals surface area contributed by atoms with Crippen molar-refractivity contribution in [1.29, 1.82) is 0 Å². The molecule has 0 unspecified atom stereocenters. The zero-order valence-electron chi connectivity index (χ0n) is 11.9. The number of amides is 1. The van der Waals surface area contributed by atoms with Crippen LogP contribution >= 0.6 is 11.8 Å². The summed E-state index contributed by atoms with van der Waals surface area (Å²) in [6.45, 7) is 2.08. The molecule has 0 saturated carbocycles. The molecule has 0 spiro atoms. The molecule has 0 aliphatic heterocycles. The SMILES string of the molecule is CCc1cccc(NC(=O)CCSc2ccccc2F)c1. The van der Waals surface area contributed by atoms with Crippen LogP contribution in [0.4, 0.5) is 10.1 Å². The highest BCUT2D eigenvalue weighted by molar-refractivity contribution is 7.99. The average molecular weight is 303 g/mol. The van der Waals surface area contributed by atoms with Crippen molar-refractivity contribution >= 4 is 23.4 Å². The second kappa shape index (κ2) is 7.84. The van der Waals surface area contributed by atoms with Crippen LogP contribution in [0.15, 0.2) is 53.4 Å². The van der Waals surface area contributed by atoms with Crippen LogP contribution in [-0.2, 0) is 11.2 Å². The molecule has 0 saturated heterocycles. The first-order chi connectivity index (χ1) is 10.2. The van der Waals surface area contributed by atoms with Gasteiger partial charge in [0.25, 0.3) is 0 Å². The maximum absolute atomic E-state index is 13.4. The summed E-state index contributed by atoms with van der Waals surface area (Å²) >= 11 is 1.36. The lowest BCUT2D eigenvalue weighted by atomic mass is 10.1. The highest BCUT2D eigenvalue weighted by Gasteiger charge is 2.05. The van der Waals surface area contributed by atoms with Gasteiger partial charge in [0.1, 0.15) is 5.82 Å².